The van der Waals surface area contributed by atoms with E-state index in [4.69, 9.17) is 0 Å². The summed E-state index contributed by atoms with van der Waals surface area (Å²) in [6.45, 7) is 8.66. The Morgan fingerprint density at radius 2 is 2.11 bits per heavy atom. The molecular formula is C13H21N3O2S. The van der Waals surface area contributed by atoms with Gasteiger partial charge in [0.1, 0.15) is 0 Å². The molecule has 1 saturated heterocycles. The fraction of sp³-hybridized carbons (Fsp3) is 0.692. The van der Waals surface area contributed by atoms with E-state index in [9.17, 15) is 10.1 Å². The van der Waals surface area contributed by atoms with Crippen molar-refractivity contribution in [3.63, 3.8) is 0 Å². The van der Waals surface area contributed by atoms with Gasteiger partial charge in [0.2, 0.25) is 0 Å². The minimum Gasteiger partial charge on any atom is -0.314 e. The molecule has 2 rings (SSSR count). The smallest absolute Gasteiger partial charge is 0.314 e. The largest absolute Gasteiger partial charge is 0.324 e. The van der Waals surface area contributed by atoms with Crippen LogP contribution in [0.15, 0.2) is 12.1 Å². The summed E-state index contributed by atoms with van der Waals surface area (Å²) < 4.78 is 0. The van der Waals surface area contributed by atoms with E-state index in [1.54, 1.807) is 6.07 Å². The van der Waals surface area contributed by atoms with Gasteiger partial charge in [-0.15, -0.1) is 0 Å². The predicted octanol–water partition coefficient (Wildman–Crippen LogP) is 2.13. The van der Waals surface area contributed by atoms with Gasteiger partial charge in [-0.25, -0.2) is 0 Å². The van der Waals surface area contributed by atoms with Gasteiger partial charge in [-0.05, 0) is 18.4 Å². The maximum atomic E-state index is 10.7. The third-order valence-electron chi connectivity index (χ3n) is 3.63. The summed E-state index contributed by atoms with van der Waals surface area (Å²) in [5.74, 6) is 0.555. The second kappa shape index (κ2) is 6.45. The van der Waals surface area contributed by atoms with Gasteiger partial charge in [-0.3, -0.25) is 15.0 Å². The molecule has 0 amide bonds. The Morgan fingerprint density at radius 3 is 2.63 bits per heavy atom. The second-order valence-corrected chi connectivity index (χ2v) is 6.45. The summed E-state index contributed by atoms with van der Waals surface area (Å²) in [5, 5.41) is 14.3. The Labute approximate surface area is 117 Å². The van der Waals surface area contributed by atoms with Crippen LogP contribution < -0.4 is 5.32 Å². The number of thiophene rings is 1. The third-order valence-corrected chi connectivity index (χ3v) is 4.69. The zero-order valence-electron chi connectivity index (χ0n) is 11.5. The number of hydrogen-bond acceptors (Lipinski definition) is 5. The van der Waals surface area contributed by atoms with E-state index >= 15 is 0 Å². The molecule has 1 aromatic heterocycles. The molecule has 5 nitrogen and oxygen atoms in total. The first kappa shape index (κ1) is 14.4. The van der Waals surface area contributed by atoms with Crippen molar-refractivity contribution >= 4 is 16.3 Å². The van der Waals surface area contributed by atoms with E-state index in [1.807, 2.05) is 6.07 Å². The van der Waals surface area contributed by atoms with Crippen LogP contribution in [0.25, 0.3) is 0 Å². The van der Waals surface area contributed by atoms with Gasteiger partial charge in [0.15, 0.2) is 0 Å². The van der Waals surface area contributed by atoms with Gasteiger partial charge >= 0.3 is 5.00 Å². The van der Waals surface area contributed by atoms with Gasteiger partial charge in [-0.2, -0.15) is 0 Å². The first-order valence-corrected chi connectivity index (χ1v) is 7.57. The molecule has 2 heterocycles. The number of nitrogens with zero attached hydrogens (tertiary/aromatic N) is 2. The summed E-state index contributed by atoms with van der Waals surface area (Å²) in [6.07, 6.45) is 0.913. The van der Waals surface area contributed by atoms with Crippen molar-refractivity contribution in [2.45, 2.75) is 26.3 Å². The number of nitro groups is 1. The van der Waals surface area contributed by atoms with Crippen molar-refractivity contribution in [1.29, 1.82) is 0 Å². The lowest BCUT2D eigenvalue weighted by molar-refractivity contribution is -0.380. The molecule has 0 spiro atoms. The van der Waals surface area contributed by atoms with E-state index in [2.05, 4.69) is 24.1 Å². The molecule has 19 heavy (non-hydrogen) atoms. The highest BCUT2D eigenvalue weighted by atomic mass is 32.1. The molecule has 1 N–H and O–H groups in total. The molecule has 106 valence electrons. The molecule has 1 aromatic rings. The minimum absolute atomic E-state index is 0.248. The van der Waals surface area contributed by atoms with Gasteiger partial charge in [0, 0.05) is 43.2 Å². The molecule has 6 heteroatoms. The van der Waals surface area contributed by atoms with Crippen LogP contribution in [0.1, 0.15) is 18.7 Å². The van der Waals surface area contributed by atoms with Crippen LogP contribution in [0.3, 0.4) is 0 Å². The van der Waals surface area contributed by atoms with Crippen LogP contribution in [0.2, 0.25) is 0 Å². The summed E-state index contributed by atoms with van der Waals surface area (Å²) in [4.78, 5) is 14.1. The Morgan fingerprint density at radius 1 is 1.42 bits per heavy atom. The topological polar surface area (TPSA) is 58.4 Å². The summed E-state index contributed by atoms with van der Waals surface area (Å²) >= 11 is 1.31. The average Bonchev–Trinajstić information content (AvgIpc) is 2.85. The zero-order valence-corrected chi connectivity index (χ0v) is 12.3. The Hall–Kier alpha value is -0.980. The molecule has 0 aliphatic carbocycles. The standard InChI is InChI=1S/C13H21N3O2S/c1-10(2)12(15-7-5-14-6-8-15)9-11-3-4-13(19-11)16(17)18/h3-4,10,12,14H,5-9H2,1-2H3. The predicted molar refractivity (Wildman–Crippen MR) is 77.7 cm³/mol. The van der Waals surface area contributed by atoms with Crippen LogP contribution >= 0.6 is 11.3 Å². The summed E-state index contributed by atoms with van der Waals surface area (Å²) in [5.41, 5.74) is 0. The van der Waals surface area contributed by atoms with Crippen LogP contribution in [0.5, 0.6) is 0 Å². The number of rotatable bonds is 5. The van der Waals surface area contributed by atoms with Gasteiger partial charge in [0.25, 0.3) is 0 Å². The molecular weight excluding hydrogens is 262 g/mol. The van der Waals surface area contributed by atoms with E-state index in [-0.39, 0.29) is 9.92 Å². The molecule has 0 radical (unpaired) electrons. The quantitative estimate of drug-likeness (QED) is 0.664. The Bertz CT molecular complexity index is 427. The molecule has 0 aromatic carbocycles. The Kier molecular flexibility index (Phi) is 4.90. The van der Waals surface area contributed by atoms with Crippen molar-refractivity contribution in [3.05, 3.63) is 27.1 Å². The second-order valence-electron chi connectivity index (χ2n) is 5.30. The van der Waals surface area contributed by atoms with Crippen molar-refractivity contribution in [3.8, 4) is 0 Å². The number of piperazine rings is 1. The molecule has 0 bridgehead atoms. The lowest BCUT2D eigenvalue weighted by Crippen LogP contribution is -2.50. The van der Waals surface area contributed by atoms with Crippen LogP contribution in [0, 0.1) is 16.0 Å². The van der Waals surface area contributed by atoms with Crippen LogP contribution in [-0.2, 0) is 6.42 Å². The zero-order chi connectivity index (χ0) is 13.8. The number of hydrogen-bond donors (Lipinski definition) is 1. The molecule has 1 aliphatic rings. The number of nitrogens with one attached hydrogen (secondary N) is 1. The van der Waals surface area contributed by atoms with Crippen LogP contribution in [0.4, 0.5) is 5.00 Å². The molecule has 1 aliphatic heterocycles. The van der Waals surface area contributed by atoms with E-state index in [0.29, 0.717) is 12.0 Å². The maximum absolute atomic E-state index is 10.7. The Balaban J connectivity index is 2.04. The molecule has 1 atom stereocenters. The van der Waals surface area contributed by atoms with E-state index < -0.39 is 0 Å². The van der Waals surface area contributed by atoms with Crippen molar-refractivity contribution in [2.24, 2.45) is 5.92 Å². The molecule has 1 fully saturated rings. The highest BCUT2D eigenvalue weighted by molar-refractivity contribution is 7.15. The SMILES string of the molecule is CC(C)C(Cc1ccc([N+](=O)[O-])s1)N1CCNCC1. The highest BCUT2D eigenvalue weighted by Crippen LogP contribution is 2.27. The van der Waals surface area contributed by atoms with E-state index in [0.717, 1.165) is 37.5 Å². The van der Waals surface area contributed by atoms with Crippen LogP contribution in [-0.4, -0.2) is 42.0 Å². The molecule has 1 unspecified atom stereocenters. The normalized spacial score (nSPS) is 18.7. The van der Waals surface area contributed by atoms with Crippen molar-refractivity contribution in [2.75, 3.05) is 26.2 Å². The summed E-state index contributed by atoms with van der Waals surface area (Å²) in [6, 6.07) is 4.00. The van der Waals surface area contributed by atoms with Crippen molar-refractivity contribution < 1.29 is 4.92 Å². The minimum atomic E-state index is -0.302. The maximum Gasteiger partial charge on any atom is 0.324 e. The van der Waals surface area contributed by atoms with Crippen molar-refractivity contribution in [1.82, 2.24) is 10.2 Å². The average molecular weight is 283 g/mol. The highest BCUT2D eigenvalue weighted by Gasteiger charge is 2.24. The fourth-order valence-electron chi connectivity index (χ4n) is 2.58. The summed E-state index contributed by atoms with van der Waals surface area (Å²) in [7, 11) is 0. The van der Waals surface area contributed by atoms with Gasteiger partial charge in [0.05, 0.1) is 4.92 Å². The third kappa shape index (κ3) is 3.75. The monoisotopic (exact) mass is 283 g/mol. The van der Waals surface area contributed by atoms with Gasteiger partial charge in [-0.1, -0.05) is 25.2 Å². The first-order chi connectivity index (χ1) is 9.08. The van der Waals surface area contributed by atoms with Gasteiger partial charge < -0.3 is 5.32 Å². The van der Waals surface area contributed by atoms with E-state index in [1.165, 1.54) is 11.3 Å². The lowest BCUT2D eigenvalue weighted by Gasteiger charge is -2.37. The molecule has 0 saturated carbocycles. The fourth-order valence-corrected chi connectivity index (χ4v) is 3.45. The first-order valence-electron chi connectivity index (χ1n) is 6.76. The lowest BCUT2D eigenvalue weighted by atomic mass is 9.97.